The van der Waals surface area contributed by atoms with Crippen LogP contribution in [0.1, 0.15) is 0 Å². The summed E-state index contributed by atoms with van der Waals surface area (Å²) in [5.41, 5.74) is 1.11. The molecule has 0 aliphatic rings. The third-order valence-electron chi connectivity index (χ3n) is 1.41. The molecule has 0 bridgehead atoms. The highest BCUT2D eigenvalue weighted by Crippen LogP contribution is 1.73. The number of H-pyrrole nitrogens is 1. The van der Waals surface area contributed by atoms with Gasteiger partial charge in [-0.3, -0.25) is 24.3 Å². The SMILES string of the molecule is CONC(=O)Cn1[nH]c(=O)ccc1=O. The number of nitrogens with one attached hydrogen (secondary N) is 2. The van der Waals surface area contributed by atoms with Crippen molar-refractivity contribution in [2.45, 2.75) is 6.54 Å². The number of aromatic amines is 1. The maximum Gasteiger partial charge on any atom is 0.265 e. The smallest absolute Gasteiger partial charge is 0.265 e. The fraction of sp³-hybridized carbons (Fsp3) is 0.286. The van der Waals surface area contributed by atoms with E-state index in [0.717, 1.165) is 16.8 Å². The molecule has 0 aliphatic carbocycles. The molecule has 0 atom stereocenters. The zero-order chi connectivity index (χ0) is 10.6. The maximum absolute atomic E-state index is 11.1. The lowest BCUT2D eigenvalue weighted by molar-refractivity contribution is -0.132. The lowest BCUT2D eigenvalue weighted by Crippen LogP contribution is -2.35. The molecule has 0 saturated carbocycles. The molecular formula is C7H9N3O4. The number of rotatable bonds is 3. The fourth-order valence-electron chi connectivity index (χ4n) is 0.869. The molecule has 1 heterocycles. The van der Waals surface area contributed by atoms with E-state index in [1.807, 2.05) is 5.48 Å². The van der Waals surface area contributed by atoms with E-state index < -0.39 is 17.0 Å². The number of carbonyl (C=O) groups excluding carboxylic acids is 1. The molecule has 1 aromatic heterocycles. The van der Waals surface area contributed by atoms with E-state index in [0.29, 0.717) is 0 Å². The van der Waals surface area contributed by atoms with E-state index in [9.17, 15) is 14.4 Å². The van der Waals surface area contributed by atoms with E-state index >= 15 is 0 Å². The molecular weight excluding hydrogens is 190 g/mol. The van der Waals surface area contributed by atoms with Crippen LogP contribution in [0.2, 0.25) is 0 Å². The third kappa shape index (κ3) is 2.56. The molecule has 0 spiro atoms. The van der Waals surface area contributed by atoms with E-state index in [4.69, 9.17) is 0 Å². The summed E-state index contributed by atoms with van der Waals surface area (Å²) in [5, 5.41) is 2.20. The molecule has 1 amide bonds. The highest BCUT2D eigenvalue weighted by molar-refractivity contribution is 5.74. The van der Waals surface area contributed by atoms with Crippen LogP contribution in [0.15, 0.2) is 21.7 Å². The maximum atomic E-state index is 11.1. The van der Waals surface area contributed by atoms with Crippen molar-refractivity contribution in [1.29, 1.82) is 0 Å². The topological polar surface area (TPSA) is 93.2 Å². The Hall–Kier alpha value is -1.89. The predicted molar refractivity (Wildman–Crippen MR) is 46.5 cm³/mol. The summed E-state index contributed by atoms with van der Waals surface area (Å²) in [6.07, 6.45) is 0. The van der Waals surface area contributed by atoms with Crippen molar-refractivity contribution in [3.05, 3.63) is 32.8 Å². The molecule has 76 valence electrons. The second-order valence-corrected chi connectivity index (χ2v) is 2.46. The van der Waals surface area contributed by atoms with Gasteiger partial charge in [0.15, 0.2) is 0 Å². The second-order valence-electron chi connectivity index (χ2n) is 2.46. The molecule has 14 heavy (non-hydrogen) atoms. The van der Waals surface area contributed by atoms with Crippen LogP contribution in [0.3, 0.4) is 0 Å². The number of carbonyl (C=O) groups is 1. The van der Waals surface area contributed by atoms with Crippen molar-refractivity contribution in [3.8, 4) is 0 Å². The van der Waals surface area contributed by atoms with Crippen molar-refractivity contribution in [1.82, 2.24) is 15.3 Å². The molecule has 0 fully saturated rings. The normalized spacial score (nSPS) is 9.79. The van der Waals surface area contributed by atoms with E-state index in [1.54, 1.807) is 0 Å². The quantitative estimate of drug-likeness (QED) is 0.562. The van der Waals surface area contributed by atoms with Gasteiger partial charge >= 0.3 is 0 Å². The molecule has 1 rings (SSSR count). The van der Waals surface area contributed by atoms with Crippen LogP contribution in [-0.2, 0) is 16.2 Å². The molecule has 7 nitrogen and oxygen atoms in total. The van der Waals surface area contributed by atoms with Gasteiger partial charge in [-0.15, -0.1) is 0 Å². The number of hydroxylamine groups is 1. The van der Waals surface area contributed by atoms with Gasteiger partial charge in [-0.1, -0.05) is 0 Å². The van der Waals surface area contributed by atoms with Crippen LogP contribution >= 0.6 is 0 Å². The highest BCUT2D eigenvalue weighted by atomic mass is 16.6. The first-order chi connectivity index (χ1) is 6.63. The standard InChI is InChI=1S/C7H9N3O4/c1-14-9-6(12)4-10-7(13)3-2-5(11)8-10/h2-3H,4H2,1H3,(H,8,11)(H,9,12). The van der Waals surface area contributed by atoms with Crippen LogP contribution in [0.4, 0.5) is 0 Å². The Morgan fingerprint density at radius 1 is 1.57 bits per heavy atom. The summed E-state index contributed by atoms with van der Waals surface area (Å²) in [5.74, 6) is -0.531. The Morgan fingerprint density at radius 2 is 2.29 bits per heavy atom. The summed E-state index contributed by atoms with van der Waals surface area (Å²) in [7, 11) is 1.27. The number of hydrogen-bond donors (Lipinski definition) is 2. The summed E-state index contributed by atoms with van der Waals surface area (Å²) < 4.78 is 0.886. The zero-order valence-corrected chi connectivity index (χ0v) is 7.44. The van der Waals surface area contributed by atoms with Gasteiger partial charge in [0.1, 0.15) is 6.54 Å². The molecule has 7 heteroatoms. The Labute approximate surface area is 78.2 Å². The largest absolute Gasteiger partial charge is 0.277 e. The van der Waals surface area contributed by atoms with Crippen molar-refractivity contribution < 1.29 is 9.63 Å². The molecule has 2 N–H and O–H groups in total. The minimum Gasteiger partial charge on any atom is -0.277 e. The van der Waals surface area contributed by atoms with E-state index in [-0.39, 0.29) is 6.54 Å². The number of amides is 1. The number of hydrogen-bond acceptors (Lipinski definition) is 4. The van der Waals surface area contributed by atoms with Crippen LogP contribution in [0.5, 0.6) is 0 Å². The molecule has 0 unspecified atom stereocenters. The molecule has 0 aromatic carbocycles. The predicted octanol–water partition coefficient (Wildman–Crippen LogP) is -1.79. The Morgan fingerprint density at radius 3 is 2.93 bits per heavy atom. The van der Waals surface area contributed by atoms with Gasteiger partial charge < -0.3 is 0 Å². The van der Waals surface area contributed by atoms with Crippen molar-refractivity contribution in [2.24, 2.45) is 0 Å². The first-order valence-electron chi connectivity index (χ1n) is 3.75. The summed E-state index contributed by atoms with van der Waals surface area (Å²) >= 11 is 0. The van der Waals surface area contributed by atoms with Gasteiger partial charge in [0, 0.05) is 12.1 Å². The average molecular weight is 199 g/mol. The molecule has 1 aromatic rings. The zero-order valence-electron chi connectivity index (χ0n) is 7.44. The number of nitrogens with zero attached hydrogens (tertiary/aromatic N) is 1. The van der Waals surface area contributed by atoms with Crippen molar-refractivity contribution >= 4 is 5.91 Å². The summed E-state index contributed by atoms with van der Waals surface area (Å²) in [6.45, 7) is -0.289. The Balaban J connectivity index is 2.86. The van der Waals surface area contributed by atoms with E-state index in [1.165, 1.54) is 7.11 Å². The lowest BCUT2D eigenvalue weighted by atomic mass is 10.5. The first-order valence-corrected chi connectivity index (χ1v) is 3.75. The van der Waals surface area contributed by atoms with Gasteiger partial charge in [0.25, 0.3) is 17.0 Å². The van der Waals surface area contributed by atoms with E-state index in [2.05, 4.69) is 9.94 Å². The van der Waals surface area contributed by atoms with Gasteiger partial charge in [0.05, 0.1) is 7.11 Å². The minimum absolute atomic E-state index is 0.289. The van der Waals surface area contributed by atoms with Crippen LogP contribution in [-0.4, -0.2) is 22.8 Å². The van der Waals surface area contributed by atoms with Crippen molar-refractivity contribution in [3.63, 3.8) is 0 Å². The third-order valence-corrected chi connectivity index (χ3v) is 1.41. The first kappa shape index (κ1) is 10.2. The van der Waals surface area contributed by atoms with Crippen LogP contribution in [0.25, 0.3) is 0 Å². The van der Waals surface area contributed by atoms with Gasteiger partial charge in [0.2, 0.25) is 0 Å². The van der Waals surface area contributed by atoms with Crippen LogP contribution in [0, 0.1) is 0 Å². The number of aromatic nitrogens is 2. The van der Waals surface area contributed by atoms with Gasteiger partial charge in [-0.05, 0) is 0 Å². The Bertz CT molecular complexity index is 433. The summed E-state index contributed by atoms with van der Waals surface area (Å²) in [4.78, 5) is 37.2. The average Bonchev–Trinajstić information content (AvgIpc) is 2.12. The fourth-order valence-corrected chi connectivity index (χ4v) is 0.869. The summed E-state index contributed by atoms with van der Waals surface area (Å²) in [6, 6.07) is 2.17. The monoisotopic (exact) mass is 199 g/mol. The Kier molecular flexibility index (Phi) is 3.19. The van der Waals surface area contributed by atoms with Gasteiger partial charge in [-0.2, -0.15) is 0 Å². The molecule has 0 radical (unpaired) electrons. The molecule has 0 aliphatic heterocycles. The van der Waals surface area contributed by atoms with Crippen LogP contribution < -0.4 is 16.6 Å². The van der Waals surface area contributed by atoms with Crippen molar-refractivity contribution in [2.75, 3.05) is 7.11 Å². The lowest BCUT2D eigenvalue weighted by Gasteiger charge is -2.03. The second kappa shape index (κ2) is 4.38. The van der Waals surface area contributed by atoms with Gasteiger partial charge in [-0.25, -0.2) is 10.2 Å². The highest BCUT2D eigenvalue weighted by Gasteiger charge is 2.03. The minimum atomic E-state index is -0.531. The molecule has 0 saturated heterocycles.